The fourth-order valence-electron chi connectivity index (χ4n) is 0.707. The van der Waals surface area contributed by atoms with Gasteiger partial charge in [0.25, 0.3) is 0 Å². The second kappa shape index (κ2) is 11.3. The predicted octanol–water partition coefficient (Wildman–Crippen LogP) is 2.99. The van der Waals surface area contributed by atoms with Crippen LogP contribution in [0, 0.1) is 13.8 Å². The molecule has 0 fully saturated rings. The van der Waals surface area contributed by atoms with Crippen LogP contribution in [0.4, 0.5) is 0 Å². The Morgan fingerprint density at radius 2 is 1.00 bits per heavy atom. The summed E-state index contributed by atoms with van der Waals surface area (Å²) in [4.78, 5) is 0. The fraction of sp³-hybridized carbons (Fsp3) is 0.750. The number of hydrogen-bond donors (Lipinski definition) is 0. The summed E-state index contributed by atoms with van der Waals surface area (Å²) in [5.74, 6) is 0. The Morgan fingerprint density at radius 1 is 0.667 bits per heavy atom. The van der Waals surface area contributed by atoms with Crippen molar-refractivity contribution in [2.45, 2.75) is 38.5 Å². The summed E-state index contributed by atoms with van der Waals surface area (Å²) < 4.78 is 0. The molecule has 0 saturated heterocycles. The van der Waals surface area contributed by atoms with Crippen molar-refractivity contribution in [3.63, 3.8) is 0 Å². The van der Waals surface area contributed by atoms with E-state index in [2.05, 4.69) is 13.8 Å². The summed E-state index contributed by atoms with van der Waals surface area (Å²) in [7, 11) is 0. The van der Waals surface area contributed by atoms with Crippen molar-refractivity contribution in [2.75, 3.05) is 0 Å². The van der Waals surface area contributed by atoms with Gasteiger partial charge in [0.1, 0.15) is 0 Å². The molecule has 0 N–H and O–H groups in total. The summed E-state index contributed by atoms with van der Waals surface area (Å²) >= 11 is 0. The molecule has 0 spiro atoms. The Balaban J connectivity index is 0. The van der Waals surface area contributed by atoms with E-state index in [0.717, 1.165) is 12.8 Å². The molecule has 0 aliphatic heterocycles. The fourth-order valence-corrected chi connectivity index (χ4v) is 0.707. The molecule has 0 aliphatic rings. The van der Waals surface area contributed by atoms with E-state index in [9.17, 15) is 0 Å². The van der Waals surface area contributed by atoms with E-state index in [4.69, 9.17) is 0 Å². The van der Waals surface area contributed by atoms with Crippen molar-refractivity contribution >= 4 is 0 Å². The molecule has 0 aromatic heterocycles. The smallest absolute Gasteiger partial charge is 0.343 e. The third-order valence-corrected chi connectivity index (χ3v) is 1.25. The zero-order valence-corrected chi connectivity index (χ0v) is 7.34. The maximum Gasteiger partial charge on any atom is 2.00 e. The minimum Gasteiger partial charge on any atom is -0.343 e. The Labute approximate surface area is 70.2 Å². The van der Waals surface area contributed by atoms with Gasteiger partial charge in [-0.15, -0.1) is 0 Å². The Hall–Kier alpha value is 0.532. The first-order chi connectivity index (χ1) is 3.91. The van der Waals surface area contributed by atoms with Crippen LogP contribution < -0.4 is 0 Å². The summed E-state index contributed by atoms with van der Waals surface area (Å²) in [6.45, 7) is 7.54. The molecule has 54 valence electrons. The monoisotopic (exact) mass is 164 g/mol. The first kappa shape index (κ1) is 12.2. The molecule has 0 amide bonds. The molecule has 0 unspecified atom stereocenters. The van der Waals surface area contributed by atoms with Crippen molar-refractivity contribution < 1.29 is 17.4 Å². The molecule has 9 heavy (non-hydrogen) atoms. The molecule has 1 heteroatoms. The molecule has 0 aromatic rings. The molecule has 0 nitrogen and oxygen atoms in total. The molecule has 0 atom stereocenters. The molecule has 0 bridgehead atoms. The Bertz CT molecular complexity index is 29.5. The SMILES string of the molecule is [CH2-]CCCCCC[CH2-].[Cr+2]. The molecular weight excluding hydrogens is 148 g/mol. The van der Waals surface area contributed by atoms with Gasteiger partial charge >= 0.3 is 17.4 Å². The minimum atomic E-state index is 0. The van der Waals surface area contributed by atoms with E-state index < -0.39 is 0 Å². The average Bonchev–Trinajstić information content (AvgIpc) is 1.81. The van der Waals surface area contributed by atoms with Gasteiger partial charge in [-0.2, -0.15) is 12.8 Å². The maximum atomic E-state index is 3.77. The van der Waals surface area contributed by atoms with Crippen LogP contribution in [0.25, 0.3) is 0 Å². The van der Waals surface area contributed by atoms with Gasteiger partial charge in [-0.05, 0) is 0 Å². The summed E-state index contributed by atoms with van der Waals surface area (Å²) in [5.41, 5.74) is 0. The molecule has 0 aliphatic carbocycles. The van der Waals surface area contributed by atoms with E-state index in [1.807, 2.05) is 0 Å². The van der Waals surface area contributed by atoms with E-state index >= 15 is 0 Å². The molecule has 0 aromatic carbocycles. The van der Waals surface area contributed by atoms with Crippen molar-refractivity contribution in [3.8, 4) is 0 Å². The van der Waals surface area contributed by atoms with Gasteiger partial charge in [0, 0.05) is 0 Å². The van der Waals surface area contributed by atoms with Crippen molar-refractivity contribution in [1.82, 2.24) is 0 Å². The van der Waals surface area contributed by atoms with Crippen LogP contribution in [0.3, 0.4) is 0 Å². The van der Waals surface area contributed by atoms with Crippen molar-refractivity contribution in [1.29, 1.82) is 0 Å². The van der Waals surface area contributed by atoms with Gasteiger partial charge in [-0.25, -0.2) is 0 Å². The Morgan fingerprint density at radius 3 is 1.22 bits per heavy atom. The summed E-state index contributed by atoms with van der Waals surface area (Å²) in [5, 5.41) is 0. The number of unbranched alkanes of at least 4 members (excludes halogenated alkanes) is 5. The topological polar surface area (TPSA) is 0 Å². The van der Waals surface area contributed by atoms with Crippen molar-refractivity contribution in [3.05, 3.63) is 13.8 Å². The van der Waals surface area contributed by atoms with Crippen LogP contribution in [0.2, 0.25) is 0 Å². The molecule has 0 saturated carbocycles. The summed E-state index contributed by atoms with van der Waals surface area (Å²) in [6.07, 6.45) is 7.46. The second-order valence-electron chi connectivity index (χ2n) is 2.12. The molecule has 0 radical (unpaired) electrons. The van der Waals surface area contributed by atoms with Gasteiger partial charge in [0.05, 0.1) is 0 Å². The normalized spacial score (nSPS) is 8.67. The van der Waals surface area contributed by atoms with E-state index in [0.29, 0.717) is 0 Å². The van der Waals surface area contributed by atoms with Gasteiger partial charge < -0.3 is 13.8 Å². The van der Waals surface area contributed by atoms with E-state index in [1.54, 1.807) is 0 Å². The molecule has 0 rings (SSSR count). The predicted molar refractivity (Wildman–Crippen MR) is 38.4 cm³/mol. The van der Waals surface area contributed by atoms with Crippen LogP contribution in [-0.4, -0.2) is 0 Å². The quantitative estimate of drug-likeness (QED) is 0.433. The third-order valence-electron chi connectivity index (χ3n) is 1.25. The zero-order chi connectivity index (χ0) is 6.24. The third kappa shape index (κ3) is 11.9. The van der Waals surface area contributed by atoms with Gasteiger partial charge in [0.2, 0.25) is 0 Å². The molecule has 0 heterocycles. The van der Waals surface area contributed by atoms with Gasteiger partial charge in [0.15, 0.2) is 0 Å². The standard InChI is InChI=1S/C8H16.Cr/c1-3-5-7-8-6-4-2;/h1-8H2;/q-2;+2. The van der Waals surface area contributed by atoms with E-state index in [-0.39, 0.29) is 17.4 Å². The maximum absolute atomic E-state index is 3.77. The molecular formula is C8H16Cr. The van der Waals surface area contributed by atoms with Gasteiger partial charge in [-0.3, -0.25) is 0 Å². The van der Waals surface area contributed by atoms with Crippen LogP contribution >= 0.6 is 0 Å². The Kier molecular flexibility index (Phi) is 15.4. The van der Waals surface area contributed by atoms with Crippen LogP contribution in [0.1, 0.15) is 38.5 Å². The first-order valence-electron chi connectivity index (χ1n) is 3.50. The van der Waals surface area contributed by atoms with E-state index in [1.165, 1.54) is 25.7 Å². The number of rotatable bonds is 5. The van der Waals surface area contributed by atoms with Gasteiger partial charge in [-0.1, -0.05) is 25.7 Å². The number of hydrogen-bond acceptors (Lipinski definition) is 0. The second-order valence-corrected chi connectivity index (χ2v) is 2.12. The zero-order valence-electron chi connectivity index (χ0n) is 6.07. The van der Waals surface area contributed by atoms with Crippen LogP contribution in [0.5, 0.6) is 0 Å². The minimum absolute atomic E-state index is 0. The average molecular weight is 164 g/mol. The first-order valence-corrected chi connectivity index (χ1v) is 3.50. The van der Waals surface area contributed by atoms with Crippen LogP contribution in [0.15, 0.2) is 0 Å². The summed E-state index contributed by atoms with van der Waals surface area (Å²) in [6, 6.07) is 0. The largest absolute Gasteiger partial charge is 2.00 e. The van der Waals surface area contributed by atoms with Crippen molar-refractivity contribution in [2.24, 2.45) is 0 Å². The van der Waals surface area contributed by atoms with Crippen LogP contribution in [-0.2, 0) is 17.4 Å².